The number of aliphatic carboxylic acids is 1. The van der Waals surface area contributed by atoms with E-state index in [-0.39, 0.29) is 23.4 Å². The van der Waals surface area contributed by atoms with Gasteiger partial charge in [0.15, 0.2) is 5.76 Å². The minimum Gasteiger partial charge on any atom is -0.480 e. The van der Waals surface area contributed by atoms with Crippen molar-refractivity contribution in [2.75, 3.05) is 5.32 Å². The predicted molar refractivity (Wildman–Crippen MR) is 114 cm³/mol. The Morgan fingerprint density at radius 2 is 1.74 bits per heavy atom. The molecule has 2 aromatic carbocycles. The number of amides is 2. The SMILES string of the molecule is O=C(Nc1ccccc1C(=O)N[C@H](Cc1c[nH]c2ccccc12)C(=O)O)c1ccco1. The Hall–Kier alpha value is -4.33. The van der Waals surface area contributed by atoms with E-state index >= 15 is 0 Å². The monoisotopic (exact) mass is 417 g/mol. The predicted octanol–water partition coefficient (Wildman–Crippen LogP) is 3.44. The van der Waals surface area contributed by atoms with Gasteiger partial charge in [0.25, 0.3) is 11.8 Å². The first kappa shape index (κ1) is 20.0. The number of carboxylic acids is 1. The van der Waals surface area contributed by atoms with E-state index in [0.29, 0.717) is 0 Å². The van der Waals surface area contributed by atoms with E-state index in [0.717, 1.165) is 16.5 Å². The highest BCUT2D eigenvalue weighted by molar-refractivity contribution is 6.08. The Labute approximate surface area is 176 Å². The second-order valence-corrected chi connectivity index (χ2v) is 6.90. The smallest absolute Gasteiger partial charge is 0.326 e. The van der Waals surface area contributed by atoms with Crippen LogP contribution in [0.2, 0.25) is 0 Å². The zero-order chi connectivity index (χ0) is 21.8. The normalized spacial score (nSPS) is 11.7. The van der Waals surface area contributed by atoms with Crippen molar-refractivity contribution in [3.8, 4) is 0 Å². The van der Waals surface area contributed by atoms with E-state index in [2.05, 4.69) is 15.6 Å². The number of carboxylic acid groups (broad SMARTS) is 1. The molecule has 0 bridgehead atoms. The number of benzene rings is 2. The number of hydrogen-bond donors (Lipinski definition) is 4. The molecule has 8 nitrogen and oxygen atoms in total. The summed E-state index contributed by atoms with van der Waals surface area (Å²) in [5.74, 6) is -2.19. The number of fused-ring (bicyclic) bond motifs is 1. The molecule has 0 aliphatic heterocycles. The highest BCUT2D eigenvalue weighted by Gasteiger charge is 2.24. The molecular weight excluding hydrogens is 398 g/mol. The van der Waals surface area contributed by atoms with Gasteiger partial charge in [0, 0.05) is 23.5 Å². The number of furan rings is 1. The minimum absolute atomic E-state index is 0.0953. The van der Waals surface area contributed by atoms with Gasteiger partial charge >= 0.3 is 5.97 Å². The Morgan fingerprint density at radius 3 is 2.52 bits per heavy atom. The van der Waals surface area contributed by atoms with Crippen LogP contribution in [-0.4, -0.2) is 33.9 Å². The molecule has 156 valence electrons. The summed E-state index contributed by atoms with van der Waals surface area (Å²) in [6.45, 7) is 0. The van der Waals surface area contributed by atoms with E-state index in [1.165, 1.54) is 18.4 Å². The summed E-state index contributed by atoms with van der Waals surface area (Å²) in [5, 5.41) is 15.7. The lowest BCUT2D eigenvalue weighted by molar-refractivity contribution is -0.139. The summed E-state index contributed by atoms with van der Waals surface area (Å²) >= 11 is 0. The van der Waals surface area contributed by atoms with Gasteiger partial charge in [0.2, 0.25) is 0 Å². The molecule has 0 fully saturated rings. The number of nitrogens with one attached hydrogen (secondary N) is 3. The van der Waals surface area contributed by atoms with Gasteiger partial charge in [-0.1, -0.05) is 30.3 Å². The maximum atomic E-state index is 12.9. The lowest BCUT2D eigenvalue weighted by Crippen LogP contribution is -2.42. The average Bonchev–Trinajstić information content (AvgIpc) is 3.44. The van der Waals surface area contributed by atoms with Gasteiger partial charge in [-0.25, -0.2) is 4.79 Å². The van der Waals surface area contributed by atoms with Crippen LogP contribution in [0.3, 0.4) is 0 Å². The lowest BCUT2D eigenvalue weighted by Gasteiger charge is -2.16. The number of carbonyl (C=O) groups is 3. The van der Waals surface area contributed by atoms with Gasteiger partial charge in [0.05, 0.1) is 17.5 Å². The fraction of sp³-hybridized carbons (Fsp3) is 0.0870. The minimum atomic E-state index is -1.16. The summed E-state index contributed by atoms with van der Waals surface area (Å²) in [5.41, 5.74) is 2.06. The van der Waals surface area contributed by atoms with Gasteiger partial charge in [-0.05, 0) is 35.9 Å². The van der Waals surface area contributed by atoms with Crippen LogP contribution >= 0.6 is 0 Å². The number of anilines is 1. The number of aromatic nitrogens is 1. The molecule has 0 unspecified atom stereocenters. The molecule has 1 atom stereocenters. The molecule has 2 heterocycles. The highest BCUT2D eigenvalue weighted by atomic mass is 16.4. The van der Waals surface area contributed by atoms with E-state index in [1.54, 1.807) is 30.5 Å². The first-order valence-electron chi connectivity index (χ1n) is 9.55. The molecule has 0 saturated heterocycles. The van der Waals surface area contributed by atoms with Crippen LogP contribution in [0.5, 0.6) is 0 Å². The zero-order valence-electron chi connectivity index (χ0n) is 16.3. The Bertz CT molecular complexity index is 1240. The van der Waals surface area contributed by atoms with Crippen molar-refractivity contribution >= 4 is 34.4 Å². The van der Waals surface area contributed by atoms with Crippen molar-refractivity contribution in [3.05, 3.63) is 90.0 Å². The van der Waals surface area contributed by atoms with E-state index < -0.39 is 23.8 Å². The molecule has 0 saturated carbocycles. The van der Waals surface area contributed by atoms with Crippen molar-refractivity contribution in [1.82, 2.24) is 10.3 Å². The zero-order valence-corrected chi connectivity index (χ0v) is 16.3. The Morgan fingerprint density at radius 1 is 0.968 bits per heavy atom. The van der Waals surface area contributed by atoms with Gasteiger partial charge in [-0.3, -0.25) is 9.59 Å². The molecule has 0 aliphatic rings. The molecule has 4 rings (SSSR count). The Kier molecular flexibility index (Phi) is 5.53. The summed E-state index contributed by atoms with van der Waals surface area (Å²) in [4.78, 5) is 40.1. The van der Waals surface area contributed by atoms with Crippen molar-refractivity contribution in [3.63, 3.8) is 0 Å². The summed E-state index contributed by atoms with van der Waals surface area (Å²) in [6, 6.07) is 15.8. The maximum Gasteiger partial charge on any atom is 0.326 e. The average molecular weight is 417 g/mol. The molecule has 0 spiro atoms. The number of hydrogen-bond acceptors (Lipinski definition) is 4. The van der Waals surface area contributed by atoms with E-state index in [1.807, 2.05) is 24.3 Å². The van der Waals surface area contributed by atoms with Crippen molar-refractivity contribution in [2.24, 2.45) is 0 Å². The molecule has 2 aromatic heterocycles. The summed E-state index contributed by atoms with van der Waals surface area (Å²) < 4.78 is 5.06. The highest BCUT2D eigenvalue weighted by Crippen LogP contribution is 2.20. The van der Waals surface area contributed by atoms with Crippen LogP contribution in [0.4, 0.5) is 5.69 Å². The largest absolute Gasteiger partial charge is 0.480 e. The third-order valence-electron chi connectivity index (χ3n) is 4.87. The van der Waals surface area contributed by atoms with Crippen molar-refractivity contribution in [1.29, 1.82) is 0 Å². The maximum absolute atomic E-state index is 12.9. The molecule has 4 N–H and O–H groups in total. The summed E-state index contributed by atoms with van der Waals surface area (Å²) in [6.07, 6.45) is 3.21. The number of rotatable bonds is 7. The van der Waals surface area contributed by atoms with Crippen molar-refractivity contribution < 1.29 is 23.9 Å². The first-order chi connectivity index (χ1) is 15.0. The van der Waals surface area contributed by atoms with E-state index in [9.17, 15) is 19.5 Å². The number of carbonyl (C=O) groups excluding carboxylic acids is 2. The van der Waals surface area contributed by atoms with Crippen molar-refractivity contribution in [2.45, 2.75) is 12.5 Å². The molecule has 4 aromatic rings. The molecular formula is C23H19N3O5. The molecule has 2 amide bonds. The second-order valence-electron chi connectivity index (χ2n) is 6.90. The van der Waals surface area contributed by atoms with E-state index in [4.69, 9.17) is 4.42 Å². The third kappa shape index (κ3) is 4.32. The molecule has 8 heteroatoms. The molecule has 0 radical (unpaired) electrons. The quantitative estimate of drug-likeness (QED) is 0.367. The van der Waals surface area contributed by atoms with Gasteiger partial charge in [0.1, 0.15) is 6.04 Å². The van der Waals surface area contributed by atoms with Crippen LogP contribution in [0, 0.1) is 0 Å². The first-order valence-corrected chi connectivity index (χ1v) is 9.55. The summed E-state index contributed by atoms with van der Waals surface area (Å²) in [7, 11) is 0. The van der Waals surface area contributed by atoms with Crippen LogP contribution in [0.25, 0.3) is 10.9 Å². The van der Waals surface area contributed by atoms with Crippen LogP contribution in [-0.2, 0) is 11.2 Å². The lowest BCUT2D eigenvalue weighted by atomic mass is 10.0. The van der Waals surface area contributed by atoms with Crippen LogP contribution in [0.15, 0.2) is 77.5 Å². The number of aromatic amines is 1. The standard InChI is InChI=1S/C23H19N3O5/c27-21(16-7-2-4-9-18(16)25-22(28)20-10-5-11-31-20)26-19(23(29)30)12-14-13-24-17-8-3-1-6-15(14)17/h1-11,13,19,24H,12H2,(H,25,28)(H,26,27)(H,29,30)/t19-/m1/s1. The third-order valence-corrected chi connectivity index (χ3v) is 4.87. The number of H-pyrrole nitrogens is 1. The second kappa shape index (κ2) is 8.58. The van der Waals surface area contributed by atoms with Gasteiger partial charge < -0.3 is 25.1 Å². The fourth-order valence-electron chi connectivity index (χ4n) is 3.34. The molecule has 31 heavy (non-hydrogen) atoms. The molecule has 0 aliphatic carbocycles. The fourth-order valence-corrected chi connectivity index (χ4v) is 3.34. The Balaban J connectivity index is 1.53. The van der Waals surface area contributed by atoms with Gasteiger partial charge in [-0.2, -0.15) is 0 Å². The van der Waals surface area contributed by atoms with Crippen LogP contribution < -0.4 is 10.6 Å². The topological polar surface area (TPSA) is 124 Å². The number of para-hydroxylation sites is 2. The van der Waals surface area contributed by atoms with Crippen LogP contribution in [0.1, 0.15) is 26.5 Å². The van der Waals surface area contributed by atoms with Gasteiger partial charge in [-0.15, -0.1) is 0 Å².